The molecule has 0 radical (unpaired) electrons. The van der Waals surface area contributed by atoms with Crippen molar-refractivity contribution in [2.75, 3.05) is 19.6 Å². The third kappa shape index (κ3) is 5.14. The molecule has 1 aromatic rings. The molecule has 1 aliphatic carbocycles. The Hall–Kier alpha value is -0.300. The number of nitrogens with zero attached hydrogens (tertiary/aromatic N) is 1. The van der Waals surface area contributed by atoms with Crippen molar-refractivity contribution in [3.05, 3.63) is 19.9 Å². The van der Waals surface area contributed by atoms with Crippen molar-refractivity contribution in [2.24, 2.45) is 10.9 Å². The van der Waals surface area contributed by atoms with Crippen LogP contribution < -0.4 is 10.6 Å². The Morgan fingerprint density at radius 1 is 1.44 bits per heavy atom. The summed E-state index contributed by atoms with van der Waals surface area (Å²) in [6.07, 6.45) is 3.79. The summed E-state index contributed by atoms with van der Waals surface area (Å²) < 4.78 is 1.36. The van der Waals surface area contributed by atoms with Crippen LogP contribution in [0.4, 0.5) is 0 Å². The van der Waals surface area contributed by atoms with E-state index >= 15 is 0 Å². The quantitative estimate of drug-likeness (QED) is 0.455. The molecule has 1 fully saturated rings. The van der Waals surface area contributed by atoms with Crippen molar-refractivity contribution in [3.8, 4) is 0 Å². The normalized spacial score (nSPS) is 15.8. The molecule has 100 valence electrons. The first-order valence-electron chi connectivity index (χ1n) is 6.54. The zero-order valence-corrected chi connectivity index (χ0v) is 13.7. The second-order valence-electron chi connectivity index (χ2n) is 4.55. The van der Waals surface area contributed by atoms with Crippen molar-refractivity contribution in [2.45, 2.75) is 26.2 Å². The number of thiophene rings is 1. The lowest BCUT2D eigenvalue weighted by atomic mass is 10.3. The zero-order chi connectivity index (χ0) is 12.8. The average Bonchev–Trinajstić information content (AvgIpc) is 3.09. The van der Waals surface area contributed by atoms with Gasteiger partial charge in [-0.25, -0.2) is 0 Å². The van der Waals surface area contributed by atoms with Gasteiger partial charge in [0.05, 0.1) is 2.88 Å². The van der Waals surface area contributed by atoms with E-state index in [0.717, 1.165) is 37.9 Å². The highest BCUT2D eigenvalue weighted by Gasteiger charge is 2.20. The van der Waals surface area contributed by atoms with E-state index in [-0.39, 0.29) is 0 Å². The van der Waals surface area contributed by atoms with Crippen LogP contribution in [-0.2, 0) is 6.42 Å². The van der Waals surface area contributed by atoms with Crippen LogP contribution in [-0.4, -0.2) is 25.6 Å². The fourth-order valence-corrected chi connectivity index (χ4v) is 3.41. The zero-order valence-electron chi connectivity index (χ0n) is 10.7. The van der Waals surface area contributed by atoms with E-state index in [0.29, 0.717) is 0 Å². The number of halogens is 1. The fraction of sp³-hybridized carbons (Fsp3) is 0.615. The van der Waals surface area contributed by atoms with Crippen LogP contribution in [0.3, 0.4) is 0 Å². The molecule has 0 amide bonds. The van der Waals surface area contributed by atoms with Crippen molar-refractivity contribution >= 4 is 39.9 Å². The minimum absolute atomic E-state index is 0.847. The molecule has 0 aromatic carbocycles. The highest BCUT2D eigenvalue weighted by atomic mass is 127. The summed E-state index contributed by atoms with van der Waals surface area (Å²) in [6, 6.07) is 4.38. The van der Waals surface area contributed by atoms with Crippen LogP contribution in [0.1, 0.15) is 24.6 Å². The number of hydrogen-bond acceptors (Lipinski definition) is 2. The first kappa shape index (κ1) is 14.1. The molecule has 5 heteroatoms. The molecular weight excluding hydrogens is 357 g/mol. The van der Waals surface area contributed by atoms with Gasteiger partial charge in [0.15, 0.2) is 5.96 Å². The molecule has 1 heterocycles. The maximum atomic E-state index is 4.61. The second-order valence-corrected chi connectivity index (χ2v) is 7.61. The Balaban J connectivity index is 1.72. The van der Waals surface area contributed by atoms with Gasteiger partial charge in [-0.1, -0.05) is 0 Å². The van der Waals surface area contributed by atoms with Crippen LogP contribution in [0, 0.1) is 8.80 Å². The van der Waals surface area contributed by atoms with E-state index in [4.69, 9.17) is 0 Å². The summed E-state index contributed by atoms with van der Waals surface area (Å²) in [4.78, 5) is 6.04. The summed E-state index contributed by atoms with van der Waals surface area (Å²) >= 11 is 4.24. The minimum Gasteiger partial charge on any atom is -0.357 e. The predicted octanol–water partition coefficient (Wildman–Crippen LogP) is 2.86. The smallest absolute Gasteiger partial charge is 0.191 e. The molecule has 2 rings (SSSR count). The van der Waals surface area contributed by atoms with E-state index < -0.39 is 0 Å². The number of aliphatic imine (C=N–C) groups is 1. The van der Waals surface area contributed by atoms with Crippen LogP contribution in [0.25, 0.3) is 0 Å². The molecule has 0 saturated heterocycles. The molecular formula is C13H20IN3S. The Labute approximate surface area is 127 Å². The van der Waals surface area contributed by atoms with E-state index in [2.05, 4.69) is 57.3 Å². The van der Waals surface area contributed by atoms with Gasteiger partial charge in [0, 0.05) is 24.5 Å². The van der Waals surface area contributed by atoms with Gasteiger partial charge >= 0.3 is 0 Å². The lowest BCUT2D eigenvalue weighted by Gasteiger charge is -2.10. The van der Waals surface area contributed by atoms with Crippen LogP contribution in [0.5, 0.6) is 0 Å². The van der Waals surface area contributed by atoms with E-state index in [1.807, 2.05) is 11.3 Å². The molecule has 1 aromatic heterocycles. The fourth-order valence-electron chi connectivity index (χ4n) is 1.65. The van der Waals surface area contributed by atoms with Gasteiger partial charge in [-0.2, -0.15) is 0 Å². The van der Waals surface area contributed by atoms with Gasteiger partial charge in [-0.15, -0.1) is 11.3 Å². The predicted molar refractivity (Wildman–Crippen MR) is 87.4 cm³/mol. The largest absolute Gasteiger partial charge is 0.357 e. The molecule has 3 nitrogen and oxygen atoms in total. The highest BCUT2D eigenvalue weighted by Crippen LogP contribution is 2.28. The topological polar surface area (TPSA) is 36.4 Å². The average molecular weight is 377 g/mol. The van der Waals surface area contributed by atoms with Gasteiger partial charge in [-0.05, 0) is 66.8 Å². The summed E-state index contributed by atoms with van der Waals surface area (Å²) in [5, 5.41) is 6.70. The Morgan fingerprint density at radius 2 is 2.28 bits per heavy atom. The number of nitrogens with one attached hydrogen (secondary N) is 2. The monoisotopic (exact) mass is 377 g/mol. The first-order chi connectivity index (χ1) is 8.78. The summed E-state index contributed by atoms with van der Waals surface area (Å²) in [6.45, 7) is 4.96. The molecule has 1 aliphatic rings. The molecule has 0 atom stereocenters. The molecule has 0 aliphatic heterocycles. The minimum atomic E-state index is 0.847. The van der Waals surface area contributed by atoms with Gasteiger partial charge in [0.25, 0.3) is 0 Å². The van der Waals surface area contributed by atoms with Gasteiger partial charge in [0.1, 0.15) is 0 Å². The third-order valence-electron chi connectivity index (χ3n) is 2.84. The van der Waals surface area contributed by atoms with E-state index in [1.54, 1.807) is 0 Å². The molecule has 1 saturated carbocycles. The first-order valence-corrected chi connectivity index (χ1v) is 8.44. The van der Waals surface area contributed by atoms with Crippen molar-refractivity contribution in [1.29, 1.82) is 0 Å². The van der Waals surface area contributed by atoms with Gasteiger partial charge in [0.2, 0.25) is 0 Å². The number of guanidine groups is 1. The van der Waals surface area contributed by atoms with Crippen LogP contribution in [0.2, 0.25) is 0 Å². The van der Waals surface area contributed by atoms with Crippen molar-refractivity contribution in [3.63, 3.8) is 0 Å². The molecule has 0 bridgehead atoms. The van der Waals surface area contributed by atoms with Crippen LogP contribution in [0.15, 0.2) is 17.1 Å². The Morgan fingerprint density at radius 3 is 2.89 bits per heavy atom. The number of rotatable bonds is 6. The summed E-state index contributed by atoms with van der Waals surface area (Å²) in [5.74, 6) is 1.81. The van der Waals surface area contributed by atoms with Gasteiger partial charge < -0.3 is 10.6 Å². The summed E-state index contributed by atoms with van der Waals surface area (Å²) in [5.41, 5.74) is 0. The maximum absolute atomic E-state index is 4.61. The highest BCUT2D eigenvalue weighted by molar-refractivity contribution is 14.1. The van der Waals surface area contributed by atoms with E-state index in [1.165, 1.54) is 20.6 Å². The van der Waals surface area contributed by atoms with Crippen molar-refractivity contribution in [1.82, 2.24) is 10.6 Å². The third-order valence-corrected chi connectivity index (χ3v) is 4.80. The molecule has 0 unspecified atom stereocenters. The Bertz CT molecular complexity index is 399. The van der Waals surface area contributed by atoms with Gasteiger partial charge in [-0.3, -0.25) is 4.99 Å². The number of hydrogen-bond donors (Lipinski definition) is 2. The SMILES string of the molecule is CCNC(=NCC1CC1)NCCc1ccc(I)s1. The van der Waals surface area contributed by atoms with E-state index in [9.17, 15) is 0 Å². The second kappa shape index (κ2) is 7.33. The molecule has 18 heavy (non-hydrogen) atoms. The lowest BCUT2D eigenvalue weighted by molar-refractivity contribution is 0.779. The lowest BCUT2D eigenvalue weighted by Crippen LogP contribution is -2.38. The molecule has 2 N–H and O–H groups in total. The van der Waals surface area contributed by atoms with Crippen molar-refractivity contribution < 1.29 is 0 Å². The maximum Gasteiger partial charge on any atom is 0.191 e. The Kier molecular flexibility index (Phi) is 5.75. The standard InChI is InChI=1S/C13H20IN3S/c1-2-15-13(17-9-10-3-4-10)16-8-7-11-5-6-12(14)18-11/h5-6,10H,2-4,7-9H2,1H3,(H2,15,16,17). The molecule has 0 spiro atoms. The summed E-state index contributed by atoms with van der Waals surface area (Å²) in [7, 11) is 0. The van der Waals surface area contributed by atoms with Crippen LogP contribution >= 0.6 is 33.9 Å².